The molecule has 1 saturated carbocycles. The Labute approximate surface area is 133 Å². The van der Waals surface area contributed by atoms with E-state index in [1.807, 2.05) is 25.1 Å². The predicted molar refractivity (Wildman–Crippen MR) is 87.6 cm³/mol. The van der Waals surface area contributed by atoms with E-state index in [1.165, 1.54) is 5.56 Å². The molecule has 0 saturated heterocycles. The molecule has 0 aromatic heterocycles. The first-order chi connectivity index (χ1) is 10.4. The van der Waals surface area contributed by atoms with Gasteiger partial charge in [0.05, 0.1) is 6.10 Å². The number of esters is 1. The summed E-state index contributed by atoms with van der Waals surface area (Å²) in [6, 6.07) is 10.4. The van der Waals surface area contributed by atoms with Gasteiger partial charge in [0.25, 0.3) is 0 Å². The molecule has 1 aromatic rings. The molecule has 22 heavy (non-hydrogen) atoms. The molecule has 0 radical (unpaired) electrons. The van der Waals surface area contributed by atoms with Crippen molar-refractivity contribution in [2.45, 2.75) is 70.5 Å². The van der Waals surface area contributed by atoms with Crippen LogP contribution in [-0.2, 0) is 14.9 Å². The Hall–Kier alpha value is -1.35. The molecule has 0 aliphatic heterocycles. The maximum absolute atomic E-state index is 11.6. The van der Waals surface area contributed by atoms with Gasteiger partial charge >= 0.3 is 5.97 Å². The van der Waals surface area contributed by atoms with Gasteiger partial charge in [0.2, 0.25) is 0 Å². The summed E-state index contributed by atoms with van der Waals surface area (Å²) in [6.45, 7) is 6.36. The lowest BCUT2D eigenvalue weighted by Crippen LogP contribution is -2.43. The van der Waals surface area contributed by atoms with E-state index in [0.29, 0.717) is 12.8 Å². The topological polar surface area (TPSA) is 46.5 Å². The monoisotopic (exact) mass is 304 g/mol. The third-order valence-corrected chi connectivity index (χ3v) is 4.97. The number of hydrogen-bond acceptors (Lipinski definition) is 3. The molecule has 3 heteroatoms. The molecular formula is C19H28O3. The van der Waals surface area contributed by atoms with Crippen LogP contribution in [0.1, 0.15) is 58.4 Å². The average molecular weight is 304 g/mol. The van der Waals surface area contributed by atoms with E-state index in [2.05, 4.69) is 26.0 Å². The fourth-order valence-corrected chi connectivity index (χ4v) is 3.59. The van der Waals surface area contributed by atoms with E-state index < -0.39 is 6.10 Å². The number of ether oxygens (including phenoxy) is 1. The lowest BCUT2D eigenvalue weighted by molar-refractivity contribution is -0.154. The van der Waals surface area contributed by atoms with Gasteiger partial charge in [-0.25, -0.2) is 0 Å². The third-order valence-electron chi connectivity index (χ3n) is 4.97. The Balaban J connectivity index is 2.00. The van der Waals surface area contributed by atoms with Gasteiger partial charge in [-0.3, -0.25) is 4.79 Å². The molecule has 0 amide bonds. The van der Waals surface area contributed by atoms with Crippen LogP contribution in [0.4, 0.5) is 0 Å². The minimum Gasteiger partial charge on any atom is -0.462 e. The Morgan fingerprint density at radius 1 is 1.27 bits per heavy atom. The van der Waals surface area contributed by atoms with E-state index in [-0.39, 0.29) is 23.4 Å². The lowest BCUT2D eigenvalue weighted by Gasteiger charge is -2.42. The van der Waals surface area contributed by atoms with Gasteiger partial charge in [0.1, 0.15) is 6.10 Å². The fraction of sp³-hybridized carbons (Fsp3) is 0.632. The Bertz CT molecular complexity index is 481. The van der Waals surface area contributed by atoms with Gasteiger partial charge in [0.15, 0.2) is 0 Å². The molecule has 2 rings (SSSR count). The minimum absolute atomic E-state index is 0.0843. The van der Waals surface area contributed by atoms with Crippen molar-refractivity contribution in [1.29, 1.82) is 0 Å². The van der Waals surface area contributed by atoms with Gasteiger partial charge in [-0.2, -0.15) is 0 Å². The molecule has 3 nitrogen and oxygen atoms in total. The van der Waals surface area contributed by atoms with Gasteiger partial charge in [-0.05, 0) is 36.2 Å². The summed E-state index contributed by atoms with van der Waals surface area (Å²) in [5.41, 5.74) is 1.17. The molecule has 0 heterocycles. The quantitative estimate of drug-likeness (QED) is 0.841. The standard InChI is InChI=1S/C19H28O3/c1-4-8-18(21)22-15-11-12-16(17(20)13-15)19(2,3)14-9-6-5-7-10-14/h5-7,9-10,15-17,20H,4,8,11-13H2,1-3H3/t15-,16-,17-/m1/s1. The highest BCUT2D eigenvalue weighted by atomic mass is 16.5. The van der Waals surface area contributed by atoms with E-state index in [4.69, 9.17) is 4.74 Å². The molecule has 122 valence electrons. The van der Waals surface area contributed by atoms with Gasteiger partial charge in [-0.15, -0.1) is 0 Å². The van der Waals surface area contributed by atoms with E-state index >= 15 is 0 Å². The Morgan fingerprint density at radius 3 is 2.55 bits per heavy atom. The largest absolute Gasteiger partial charge is 0.462 e. The van der Waals surface area contributed by atoms with Crippen LogP contribution in [0.5, 0.6) is 0 Å². The number of rotatable bonds is 5. The highest BCUT2D eigenvalue weighted by molar-refractivity contribution is 5.69. The van der Waals surface area contributed by atoms with Crippen molar-refractivity contribution in [3.05, 3.63) is 35.9 Å². The SMILES string of the molecule is CCCC(=O)O[C@@H]1CC[C@@H](C(C)(C)c2ccccc2)[C@H](O)C1. The molecule has 1 aliphatic carbocycles. The van der Waals surface area contributed by atoms with Gasteiger partial charge in [-0.1, -0.05) is 51.1 Å². The van der Waals surface area contributed by atoms with Crippen LogP contribution in [0.3, 0.4) is 0 Å². The zero-order chi connectivity index (χ0) is 16.2. The van der Waals surface area contributed by atoms with Crippen LogP contribution in [0.15, 0.2) is 30.3 Å². The highest BCUT2D eigenvalue weighted by Crippen LogP contribution is 2.41. The minimum atomic E-state index is -0.427. The average Bonchev–Trinajstić information content (AvgIpc) is 2.48. The van der Waals surface area contributed by atoms with Crippen LogP contribution in [-0.4, -0.2) is 23.3 Å². The van der Waals surface area contributed by atoms with E-state index in [0.717, 1.165) is 19.3 Å². The number of aliphatic hydroxyl groups is 1. The summed E-state index contributed by atoms with van der Waals surface area (Å²) in [5, 5.41) is 10.6. The Kier molecular flexibility index (Phi) is 5.63. The molecule has 0 spiro atoms. The maximum atomic E-state index is 11.6. The second kappa shape index (κ2) is 7.28. The molecule has 1 N–H and O–H groups in total. The van der Waals surface area contributed by atoms with Crippen LogP contribution in [0, 0.1) is 5.92 Å². The number of carbonyl (C=O) groups excluding carboxylic acids is 1. The molecule has 3 atom stereocenters. The molecule has 1 fully saturated rings. The van der Waals surface area contributed by atoms with Crippen molar-refractivity contribution in [1.82, 2.24) is 0 Å². The predicted octanol–water partition coefficient (Wildman–Crippen LogP) is 3.84. The fourth-order valence-electron chi connectivity index (χ4n) is 3.59. The van der Waals surface area contributed by atoms with Crippen LogP contribution in [0.2, 0.25) is 0 Å². The summed E-state index contributed by atoms with van der Waals surface area (Å²) < 4.78 is 5.47. The highest BCUT2D eigenvalue weighted by Gasteiger charge is 2.40. The van der Waals surface area contributed by atoms with Crippen LogP contribution >= 0.6 is 0 Å². The molecule has 1 aliphatic rings. The van der Waals surface area contributed by atoms with Crippen molar-refractivity contribution >= 4 is 5.97 Å². The van der Waals surface area contributed by atoms with Gasteiger partial charge < -0.3 is 9.84 Å². The number of aliphatic hydroxyl groups excluding tert-OH is 1. The van der Waals surface area contributed by atoms with Crippen molar-refractivity contribution in [3.63, 3.8) is 0 Å². The first-order valence-electron chi connectivity index (χ1n) is 8.38. The molecular weight excluding hydrogens is 276 g/mol. The first kappa shape index (κ1) is 17.0. The van der Waals surface area contributed by atoms with Crippen molar-refractivity contribution in [2.24, 2.45) is 5.92 Å². The van der Waals surface area contributed by atoms with Crippen molar-refractivity contribution in [3.8, 4) is 0 Å². The molecule has 0 bridgehead atoms. The number of benzene rings is 1. The third kappa shape index (κ3) is 3.89. The maximum Gasteiger partial charge on any atom is 0.306 e. The second-order valence-electron chi connectivity index (χ2n) is 6.94. The summed E-state index contributed by atoms with van der Waals surface area (Å²) >= 11 is 0. The number of carbonyl (C=O) groups is 1. The van der Waals surface area contributed by atoms with Crippen molar-refractivity contribution in [2.75, 3.05) is 0 Å². The summed E-state index contributed by atoms with van der Waals surface area (Å²) in [4.78, 5) is 11.6. The normalized spacial score (nSPS) is 25.7. The van der Waals surface area contributed by atoms with Crippen molar-refractivity contribution < 1.29 is 14.6 Å². The van der Waals surface area contributed by atoms with Crippen LogP contribution < -0.4 is 0 Å². The van der Waals surface area contributed by atoms with Crippen LogP contribution in [0.25, 0.3) is 0 Å². The molecule has 0 unspecified atom stereocenters. The summed E-state index contributed by atoms with van der Waals surface area (Å²) in [7, 11) is 0. The second-order valence-corrected chi connectivity index (χ2v) is 6.94. The lowest BCUT2D eigenvalue weighted by atomic mass is 9.66. The molecule has 1 aromatic carbocycles. The zero-order valence-electron chi connectivity index (χ0n) is 13.9. The zero-order valence-corrected chi connectivity index (χ0v) is 13.9. The van der Waals surface area contributed by atoms with E-state index in [9.17, 15) is 9.90 Å². The first-order valence-corrected chi connectivity index (χ1v) is 8.38. The number of hydrogen-bond donors (Lipinski definition) is 1. The summed E-state index contributed by atoms with van der Waals surface area (Å²) in [5.74, 6) is 0.0523. The Morgan fingerprint density at radius 2 is 1.95 bits per heavy atom. The smallest absolute Gasteiger partial charge is 0.306 e. The van der Waals surface area contributed by atoms with Gasteiger partial charge in [0, 0.05) is 12.8 Å². The van der Waals surface area contributed by atoms with E-state index in [1.54, 1.807) is 0 Å². The summed E-state index contributed by atoms with van der Waals surface area (Å²) in [6.07, 6.45) is 2.99.